The molecule has 4 atom stereocenters. The molecule has 3 aliphatic rings. The van der Waals surface area contributed by atoms with E-state index in [1.54, 1.807) is 48.5 Å². The molecule has 10 nitrogen and oxygen atoms in total. The van der Waals surface area contributed by atoms with Crippen molar-refractivity contribution in [1.29, 1.82) is 0 Å². The van der Waals surface area contributed by atoms with Crippen molar-refractivity contribution in [1.82, 2.24) is 0 Å². The Morgan fingerprint density at radius 3 is 2.16 bits per heavy atom. The van der Waals surface area contributed by atoms with Crippen LogP contribution in [0.5, 0.6) is 11.5 Å². The Morgan fingerprint density at radius 1 is 0.744 bits per heavy atom. The van der Waals surface area contributed by atoms with Gasteiger partial charge in [0.1, 0.15) is 11.5 Å². The number of cyclic esters (lactones) is 4. The third-order valence-electron chi connectivity index (χ3n) is 7.83. The van der Waals surface area contributed by atoms with E-state index < -0.39 is 47.5 Å². The molecule has 0 bridgehead atoms. The van der Waals surface area contributed by atoms with Gasteiger partial charge in [-0.3, -0.25) is 24.0 Å². The maximum Gasteiger partial charge on any atom is 0.321 e. The molecule has 4 unspecified atom stereocenters. The van der Waals surface area contributed by atoms with Gasteiger partial charge in [0.15, 0.2) is 19.4 Å². The minimum Gasteiger partial charge on any atom is -0.467 e. The molecule has 0 radical (unpaired) electrons. The standard InChI is InChI=1S/C33H26O10/c34-28(20-4-2-1-3-5-20)13-8-19-6-9-21(10-7-19)40-17-39-18-41-22-11-12-23-24(26-16-29(35)42-31(26)36)15-27-30(25(23)14-22)33(38)43-32(27)37/h1-14,24,26-27,30H,15-18H2. The lowest BCUT2D eigenvalue weighted by Gasteiger charge is -2.33. The van der Waals surface area contributed by atoms with Gasteiger partial charge in [-0.25, -0.2) is 0 Å². The predicted octanol–water partition coefficient (Wildman–Crippen LogP) is 4.33. The molecule has 43 heavy (non-hydrogen) atoms. The highest BCUT2D eigenvalue weighted by molar-refractivity contribution is 6.06. The minimum absolute atomic E-state index is 0.0806. The highest BCUT2D eigenvalue weighted by Gasteiger charge is 2.53. The maximum absolute atomic E-state index is 12.5. The fraction of sp³-hybridized carbons (Fsp3) is 0.242. The number of carbonyl (C=O) groups excluding carboxylic acids is 5. The van der Waals surface area contributed by atoms with E-state index in [0.717, 1.165) is 5.56 Å². The number of carbonyl (C=O) groups is 5. The van der Waals surface area contributed by atoms with Gasteiger partial charge in [-0.15, -0.1) is 0 Å². The second-order valence-corrected chi connectivity index (χ2v) is 10.4. The summed E-state index contributed by atoms with van der Waals surface area (Å²) in [6.45, 7) is -0.260. The Kier molecular flexibility index (Phi) is 7.84. The number of fused-ring (bicyclic) bond motifs is 3. The molecule has 3 aromatic rings. The van der Waals surface area contributed by atoms with Crippen LogP contribution in [0.1, 0.15) is 51.7 Å². The van der Waals surface area contributed by atoms with E-state index >= 15 is 0 Å². The lowest BCUT2D eigenvalue weighted by atomic mass is 9.67. The van der Waals surface area contributed by atoms with Crippen molar-refractivity contribution in [2.75, 3.05) is 13.6 Å². The summed E-state index contributed by atoms with van der Waals surface area (Å²) in [7, 11) is 0. The summed E-state index contributed by atoms with van der Waals surface area (Å²) >= 11 is 0. The SMILES string of the molecule is O=C1CC(C2CC3C(=O)OC(=O)C3c3cc(OCOCOc4ccc(C=CC(=O)c5ccccc5)cc4)ccc32)C(=O)O1. The summed E-state index contributed by atoms with van der Waals surface area (Å²) in [5, 5.41) is 0. The van der Waals surface area contributed by atoms with Gasteiger partial charge >= 0.3 is 23.9 Å². The molecule has 0 amide bonds. The maximum atomic E-state index is 12.5. The number of ketones is 1. The number of hydrogen-bond donors (Lipinski definition) is 0. The van der Waals surface area contributed by atoms with Crippen molar-refractivity contribution in [3.05, 3.63) is 101 Å². The lowest BCUT2D eigenvalue weighted by Crippen LogP contribution is -2.31. The van der Waals surface area contributed by atoms with E-state index in [1.807, 2.05) is 30.3 Å². The number of ether oxygens (including phenoxy) is 5. The topological polar surface area (TPSA) is 132 Å². The van der Waals surface area contributed by atoms with Crippen LogP contribution in [0, 0.1) is 11.8 Å². The van der Waals surface area contributed by atoms with Crippen molar-refractivity contribution in [2.24, 2.45) is 11.8 Å². The summed E-state index contributed by atoms with van der Waals surface area (Å²) in [4.78, 5) is 61.2. The van der Waals surface area contributed by atoms with E-state index in [-0.39, 0.29) is 32.2 Å². The summed E-state index contributed by atoms with van der Waals surface area (Å²) in [6.07, 6.45) is 3.37. The van der Waals surface area contributed by atoms with E-state index in [1.165, 1.54) is 6.08 Å². The van der Waals surface area contributed by atoms with E-state index in [0.29, 0.717) is 28.2 Å². The zero-order valence-electron chi connectivity index (χ0n) is 22.8. The smallest absolute Gasteiger partial charge is 0.321 e. The van der Waals surface area contributed by atoms with Crippen LogP contribution in [0.25, 0.3) is 6.08 Å². The van der Waals surface area contributed by atoms with Crippen molar-refractivity contribution >= 4 is 35.7 Å². The number of hydrogen-bond acceptors (Lipinski definition) is 10. The molecule has 2 heterocycles. The molecule has 0 N–H and O–H groups in total. The van der Waals surface area contributed by atoms with Gasteiger partial charge in [0.2, 0.25) is 0 Å². The van der Waals surface area contributed by atoms with Crippen LogP contribution in [-0.4, -0.2) is 43.2 Å². The molecule has 2 fully saturated rings. The second kappa shape index (κ2) is 12.0. The second-order valence-electron chi connectivity index (χ2n) is 10.4. The van der Waals surface area contributed by atoms with Crippen LogP contribution in [0.3, 0.4) is 0 Å². The van der Waals surface area contributed by atoms with Crippen molar-refractivity contribution in [3.8, 4) is 11.5 Å². The number of allylic oxidation sites excluding steroid dienone is 1. The molecule has 6 rings (SSSR count). The molecule has 2 saturated heterocycles. The van der Waals surface area contributed by atoms with E-state index in [2.05, 4.69) is 0 Å². The largest absolute Gasteiger partial charge is 0.467 e. The Bertz CT molecular complexity index is 1610. The van der Waals surface area contributed by atoms with Crippen LogP contribution < -0.4 is 9.47 Å². The molecule has 10 heteroatoms. The van der Waals surface area contributed by atoms with E-state index in [9.17, 15) is 24.0 Å². The molecule has 0 spiro atoms. The first-order valence-electron chi connectivity index (χ1n) is 13.7. The molecule has 0 aromatic heterocycles. The summed E-state index contributed by atoms with van der Waals surface area (Å²) in [5.74, 6) is -4.43. The zero-order valence-corrected chi connectivity index (χ0v) is 22.8. The summed E-state index contributed by atoms with van der Waals surface area (Å²) in [6, 6.07) is 21.2. The van der Waals surface area contributed by atoms with Crippen LogP contribution in [-0.2, 0) is 33.4 Å². The monoisotopic (exact) mass is 582 g/mol. The van der Waals surface area contributed by atoms with Crippen molar-refractivity contribution in [2.45, 2.75) is 24.7 Å². The van der Waals surface area contributed by atoms with Crippen LogP contribution in [0.2, 0.25) is 0 Å². The Morgan fingerprint density at radius 2 is 1.44 bits per heavy atom. The number of benzene rings is 3. The minimum atomic E-state index is -0.811. The fourth-order valence-electron chi connectivity index (χ4n) is 5.74. The molecule has 0 saturated carbocycles. The Labute approximate surface area is 246 Å². The first-order chi connectivity index (χ1) is 20.9. The van der Waals surface area contributed by atoms with Crippen LogP contribution in [0.4, 0.5) is 0 Å². The summed E-state index contributed by atoms with van der Waals surface area (Å²) in [5.41, 5.74) is 2.66. The van der Waals surface area contributed by atoms with Crippen LogP contribution in [0.15, 0.2) is 78.9 Å². The van der Waals surface area contributed by atoms with Gasteiger partial charge < -0.3 is 23.7 Å². The number of rotatable bonds is 10. The van der Waals surface area contributed by atoms with Crippen LogP contribution >= 0.6 is 0 Å². The molecule has 2 aliphatic heterocycles. The Hall–Kier alpha value is -5.09. The number of esters is 4. The average molecular weight is 583 g/mol. The quantitative estimate of drug-likeness (QED) is 0.0850. The predicted molar refractivity (Wildman–Crippen MR) is 149 cm³/mol. The molecule has 3 aromatic carbocycles. The molecular formula is C33H26O10. The van der Waals surface area contributed by atoms with Gasteiger partial charge in [0.05, 0.1) is 24.2 Å². The first kappa shape index (κ1) is 28.0. The molecule has 218 valence electrons. The zero-order chi connectivity index (χ0) is 29.9. The normalized spacial score (nSPS) is 22.6. The van der Waals surface area contributed by atoms with Gasteiger partial charge in [0.25, 0.3) is 0 Å². The van der Waals surface area contributed by atoms with Crippen molar-refractivity contribution < 1.29 is 47.7 Å². The molecular weight excluding hydrogens is 556 g/mol. The highest BCUT2D eigenvalue weighted by atomic mass is 16.7. The lowest BCUT2D eigenvalue weighted by molar-refractivity contribution is -0.155. The van der Waals surface area contributed by atoms with Gasteiger partial charge in [-0.05, 0) is 59.4 Å². The third kappa shape index (κ3) is 5.96. The Balaban J connectivity index is 1.04. The first-order valence-corrected chi connectivity index (χ1v) is 13.7. The average Bonchev–Trinajstić information content (AvgIpc) is 3.51. The fourth-order valence-corrected chi connectivity index (χ4v) is 5.74. The van der Waals surface area contributed by atoms with Crippen molar-refractivity contribution in [3.63, 3.8) is 0 Å². The highest BCUT2D eigenvalue weighted by Crippen LogP contribution is 2.51. The van der Waals surface area contributed by atoms with E-state index in [4.69, 9.17) is 23.7 Å². The van der Waals surface area contributed by atoms with Gasteiger partial charge in [-0.2, -0.15) is 0 Å². The summed E-state index contributed by atoms with van der Waals surface area (Å²) < 4.78 is 26.4. The van der Waals surface area contributed by atoms with Gasteiger partial charge in [-0.1, -0.05) is 54.6 Å². The van der Waals surface area contributed by atoms with Gasteiger partial charge in [0, 0.05) is 5.56 Å². The third-order valence-corrected chi connectivity index (χ3v) is 7.83. The molecule has 1 aliphatic carbocycles.